The van der Waals surface area contributed by atoms with Crippen molar-refractivity contribution in [3.05, 3.63) is 35.2 Å². The van der Waals surface area contributed by atoms with Crippen molar-refractivity contribution < 1.29 is 4.79 Å². The Bertz CT molecular complexity index is 651. The summed E-state index contributed by atoms with van der Waals surface area (Å²) in [5.74, 6) is 1.18. The zero-order valence-corrected chi connectivity index (χ0v) is 13.6. The molecule has 2 aromatic rings. The third kappa shape index (κ3) is 3.64. The fourth-order valence-electron chi connectivity index (χ4n) is 2.05. The number of rotatable bonds is 5. The molecular weight excluding hydrogens is 284 g/mol. The summed E-state index contributed by atoms with van der Waals surface area (Å²) >= 11 is 1.40. The Hall–Kier alpha value is -1.82. The second kappa shape index (κ2) is 6.76. The summed E-state index contributed by atoms with van der Waals surface area (Å²) in [5.41, 5.74) is 3.41. The molecule has 6 heteroatoms. The third-order valence-electron chi connectivity index (χ3n) is 3.11. The molecule has 1 aromatic carbocycles. The Balaban J connectivity index is 2.30. The van der Waals surface area contributed by atoms with E-state index in [1.807, 2.05) is 18.4 Å². The maximum atomic E-state index is 11.6. The second-order valence-electron chi connectivity index (χ2n) is 4.90. The van der Waals surface area contributed by atoms with E-state index in [-0.39, 0.29) is 5.91 Å². The van der Waals surface area contributed by atoms with Crippen molar-refractivity contribution in [3.63, 3.8) is 0 Å². The number of nitrogens with zero attached hydrogens (tertiary/aromatic N) is 3. The van der Waals surface area contributed by atoms with Gasteiger partial charge in [-0.3, -0.25) is 9.36 Å². The van der Waals surface area contributed by atoms with E-state index in [0.29, 0.717) is 12.3 Å². The van der Waals surface area contributed by atoms with Gasteiger partial charge >= 0.3 is 0 Å². The van der Waals surface area contributed by atoms with Crippen molar-refractivity contribution >= 4 is 17.7 Å². The number of carbonyl (C=O) groups is 1. The molecule has 0 spiro atoms. The predicted molar refractivity (Wildman–Crippen MR) is 85.0 cm³/mol. The first-order valence-electron chi connectivity index (χ1n) is 6.92. The summed E-state index contributed by atoms with van der Waals surface area (Å²) in [7, 11) is 0. The van der Waals surface area contributed by atoms with Crippen LogP contribution in [-0.4, -0.2) is 33.0 Å². The molecule has 0 saturated carbocycles. The molecule has 1 aromatic heterocycles. The quantitative estimate of drug-likeness (QED) is 0.862. The molecule has 0 saturated heterocycles. The zero-order valence-electron chi connectivity index (χ0n) is 12.8. The highest BCUT2D eigenvalue weighted by atomic mass is 32.2. The summed E-state index contributed by atoms with van der Waals surface area (Å²) in [6.07, 6.45) is 0. The second-order valence-corrected chi connectivity index (χ2v) is 5.84. The molecule has 0 fully saturated rings. The third-order valence-corrected chi connectivity index (χ3v) is 4.04. The van der Waals surface area contributed by atoms with E-state index in [1.165, 1.54) is 17.3 Å². The molecule has 112 valence electrons. The normalized spacial score (nSPS) is 10.7. The van der Waals surface area contributed by atoms with Crippen LogP contribution in [0.2, 0.25) is 0 Å². The Labute approximate surface area is 129 Å². The highest BCUT2D eigenvalue weighted by molar-refractivity contribution is 7.99. The smallest absolute Gasteiger partial charge is 0.230 e. The van der Waals surface area contributed by atoms with Gasteiger partial charge in [-0.1, -0.05) is 23.9 Å². The summed E-state index contributed by atoms with van der Waals surface area (Å²) in [5, 5.41) is 11.9. The van der Waals surface area contributed by atoms with E-state index < -0.39 is 0 Å². The monoisotopic (exact) mass is 304 g/mol. The maximum Gasteiger partial charge on any atom is 0.230 e. The Morgan fingerprint density at radius 2 is 2.05 bits per heavy atom. The highest BCUT2D eigenvalue weighted by Gasteiger charge is 2.14. The van der Waals surface area contributed by atoms with Crippen LogP contribution in [0.5, 0.6) is 0 Å². The van der Waals surface area contributed by atoms with Crippen LogP contribution in [0, 0.1) is 20.8 Å². The molecule has 21 heavy (non-hydrogen) atoms. The predicted octanol–water partition coefficient (Wildman–Crippen LogP) is 2.42. The minimum atomic E-state index is 0.00988. The molecule has 1 heterocycles. The van der Waals surface area contributed by atoms with Crippen LogP contribution in [-0.2, 0) is 4.79 Å². The van der Waals surface area contributed by atoms with Crippen molar-refractivity contribution in [3.8, 4) is 5.69 Å². The van der Waals surface area contributed by atoms with Gasteiger partial charge in [0.2, 0.25) is 5.91 Å². The first-order chi connectivity index (χ1) is 10.0. The van der Waals surface area contributed by atoms with Crippen LogP contribution in [0.15, 0.2) is 23.4 Å². The zero-order chi connectivity index (χ0) is 15.4. The molecule has 0 unspecified atom stereocenters. The number of hydrogen-bond acceptors (Lipinski definition) is 4. The number of thioether (sulfide) groups is 1. The molecule has 5 nitrogen and oxygen atoms in total. The van der Waals surface area contributed by atoms with E-state index in [2.05, 4.69) is 47.6 Å². The summed E-state index contributed by atoms with van der Waals surface area (Å²) in [6, 6.07) is 6.28. The van der Waals surface area contributed by atoms with Crippen molar-refractivity contribution in [1.82, 2.24) is 20.1 Å². The van der Waals surface area contributed by atoms with Crippen LogP contribution in [0.4, 0.5) is 0 Å². The van der Waals surface area contributed by atoms with Gasteiger partial charge in [0.25, 0.3) is 0 Å². The van der Waals surface area contributed by atoms with Gasteiger partial charge in [-0.15, -0.1) is 10.2 Å². The van der Waals surface area contributed by atoms with E-state index in [4.69, 9.17) is 0 Å². The molecule has 0 aliphatic rings. The summed E-state index contributed by atoms with van der Waals surface area (Å²) in [6.45, 7) is 8.59. The SMILES string of the molecule is CCNC(=O)CSc1nnc(C)n1-c1cc(C)ccc1C. The fraction of sp³-hybridized carbons (Fsp3) is 0.400. The van der Waals surface area contributed by atoms with Crippen molar-refractivity contribution in [2.45, 2.75) is 32.9 Å². The van der Waals surface area contributed by atoms with E-state index in [1.54, 1.807) is 0 Å². The minimum absolute atomic E-state index is 0.00988. The van der Waals surface area contributed by atoms with Gasteiger partial charge in [0.05, 0.1) is 11.4 Å². The van der Waals surface area contributed by atoms with Crippen LogP contribution in [0.1, 0.15) is 23.9 Å². The molecule has 0 atom stereocenters. The molecular formula is C15H20N4OS. The largest absolute Gasteiger partial charge is 0.356 e. The Morgan fingerprint density at radius 1 is 1.29 bits per heavy atom. The van der Waals surface area contributed by atoms with E-state index in [0.717, 1.165) is 22.2 Å². The minimum Gasteiger partial charge on any atom is -0.356 e. The van der Waals surface area contributed by atoms with Crippen molar-refractivity contribution in [2.75, 3.05) is 12.3 Å². The van der Waals surface area contributed by atoms with E-state index in [9.17, 15) is 4.79 Å². The maximum absolute atomic E-state index is 11.6. The number of amides is 1. The molecule has 2 rings (SSSR count). The lowest BCUT2D eigenvalue weighted by molar-refractivity contribution is -0.118. The topological polar surface area (TPSA) is 59.8 Å². The summed E-state index contributed by atoms with van der Waals surface area (Å²) < 4.78 is 2.01. The molecule has 0 aliphatic heterocycles. The van der Waals surface area contributed by atoms with Gasteiger partial charge in [-0.25, -0.2) is 0 Å². The number of aryl methyl sites for hydroxylation is 3. The van der Waals surface area contributed by atoms with Gasteiger partial charge in [0.1, 0.15) is 5.82 Å². The van der Waals surface area contributed by atoms with Crippen LogP contribution in [0.3, 0.4) is 0 Å². The summed E-state index contributed by atoms with van der Waals surface area (Å²) in [4.78, 5) is 11.6. The van der Waals surface area contributed by atoms with Gasteiger partial charge < -0.3 is 5.32 Å². The molecule has 0 radical (unpaired) electrons. The van der Waals surface area contributed by atoms with Crippen molar-refractivity contribution in [1.29, 1.82) is 0 Å². The molecule has 0 aliphatic carbocycles. The lowest BCUT2D eigenvalue weighted by atomic mass is 10.1. The standard InChI is InChI=1S/C15H20N4OS/c1-5-16-14(20)9-21-15-18-17-12(4)19(15)13-8-10(2)6-7-11(13)3/h6-8H,5,9H2,1-4H3,(H,16,20). The van der Waals surface area contributed by atoms with Gasteiger partial charge in [0.15, 0.2) is 5.16 Å². The average Bonchev–Trinajstić information content (AvgIpc) is 2.81. The van der Waals surface area contributed by atoms with Gasteiger partial charge in [-0.2, -0.15) is 0 Å². The number of nitrogens with one attached hydrogen (secondary N) is 1. The first-order valence-corrected chi connectivity index (χ1v) is 7.90. The lowest BCUT2D eigenvalue weighted by Gasteiger charge is -2.12. The van der Waals surface area contributed by atoms with Gasteiger partial charge in [-0.05, 0) is 44.9 Å². The van der Waals surface area contributed by atoms with Crippen LogP contribution in [0.25, 0.3) is 5.69 Å². The van der Waals surface area contributed by atoms with Crippen LogP contribution >= 0.6 is 11.8 Å². The Morgan fingerprint density at radius 3 is 2.76 bits per heavy atom. The molecule has 1 amide bonds. The van der Waals surface area contributed by atoms with E-state index >= 15 is 0 Å². The fourth-order valence-corrected chi connectivity index (χ4v) is 2.87. The highest BCUT2D eigenvalue weighted by Crippen LogP contribution is 2.24. The lowest BCUT2D eigenvalue weighted by Crippen LogP contribution is -2.24. The number of carbonyl (C=O) groups excluding carboxylic acids is 1. The van der Waals surface area contributed by atoms with Crippen molar-refractivity contribution in [2.24, 2.45) is 0 Å². The number of benzene rings is 1. The average molecular weight is 304 g/mol. The van der Waals surface area contributed by atoms with Crippen LogP contribution < -0.4 is 5.32 Å². The number of aromatic nitrogens is 3. The first kappa shape index (κ1) is 15.6. The molecule has 1 N–H and O–H groups in total. The molecule has 0 bridgehead atoms. The van der Waals surface area contributed by atoms with Gasteiger partial charge in [0, 0.05) is 6.54 Å². The number of hydrogen-bond donors (Lipinski definition) is 1. The Kier molecular flexibility index (Phi) is 5.01.